The van der Waals surface area contributed by atoms with Crippen LogP contribution in [0.4, 0.5) is 0 Å². The van der Waals surface area contributed by atoms with E-state index in [0.717, 1.165) is 16.9 Å². The number of carbonyl (C=O) groups is 2. The van der Waals surface area contributed by atoms with Crippen molar-refractivity contribution in [2.75, 3.05) is 6.61 Å². The van der Waals surface area contributed by atoms with Crippen LogP contribution in [-0.2, 0) is 14.3 Å². The number of hydrogen-bond donors (Lipinski definition) is 1. The average Bonchev–Trinajstić information content (AvgIpc) is 3.07. The zero-order valence-electron chi connectivity index (χ0n) is 12.9. The number of benzene rings is 1. The van der Waals surface area contributed by atoms with E-state index in [0.29, 0.717) is 5.92 Å². The van der Waals surface area contributed by atoms with Gasteiger partial charge in [0.25, 0.3) is 5.91 Å². The number of esters is 1. The number of carbonyl (C=O) groups excluding carboxylic acids is 2. The lowest BCUT2D eigenvalue weighted by atomic mass is 10.1. The first-order valence-electron chi connectivity index (χ1n) is 7.69. The Bertz CT molecular complexity index is 669. The molecule has 0 spiro atoms. The number of ether oxygens (including phenoxy) is 1. The molecule has 1 N–H and O–H groups in total. The predicted molar refractivity (Wildman–Crippen MR) is 89.0 cm³/mol. The van der Waals surface area contributed by atoms with Gasteiger partial charge in [-0.15, -0.1) is 11.3 Å². The van der Waals surface area contributed by atoms with Crippen LogP contribution in [0.25, 0.3) is 0 Å². The maximum absolute atomic E-state index is 12.2. The van der Waals surface area contributed by atoms with Crippen LogP contribution in [-0.4, -0.2) is 18.5 Å². The van der Waals surface area contributed by atoms with Crippen LogP contribution in [0, 0.1) is 11.8 Å². The molecule has 1 aromatic heterocycles. The Labute approximate surface area is 139 Å². The molecule has 0 bridgehead atoms. The summed E-state index contributed by atoms with van der Waals surface area (Å²) in [5.41, 5.74) is 1.01. The van der Waals surface area contributed by atoms with Crippen molar-refractivity contribution in [3.8, 4) is 0 Å². The molecule has 23 heavy (non-hydrogen) atoms. The molecule has 0 saturated heterocycles. The smallest absolute Gasteiger partial charge is 0.309 e. The Hall–Kier alpha value is -2.14. The zero-order valence-corrected chi connectivity index (χ0v) is 13.7. The summed E-state index contributed by atoms with van der Waals surface area (Å²) in [6, 6.07) is 13.5. The standard InChI is InChI=1S/C18H19NO3S/c1-12-10-14(12)18(21)22-11-16(20)19-17(15-8-5-9-23-15)13-6-3-2-4-7-13/h2-9,12,14,17H,10-11H2,1H3,(H,19,20)/t12-,14-,17-/m1/s1. The second-order valence-corrected chi connectivity index (χ2v) is 6.83. The molecule has 1 heterocycles. The molecule has 1 fully saturated rings. The Morgan fingerprint density at radius 3 is 2.61 bits per heavy atom. The summed E-state index contributed by atoms with van der Waals surface area (Å²) in [4.78, 5) is 24.9. The Morgan fingerprint density at radius 2 is 2.00 bits per heavy atom. The first-order chi connectivity index (χ1) is 11.1. The van der Waals surface area contributed by atoms with E-state index in [1.165, 1.54) is 0 Å². The first-order valence-corrected chi connectivity index (χ1v) is 8.57. The van der Waals surface area contributed by atoms with E-state index in [-0.39, 0.29) is 30.4 Å². The van der Waals surface area contributed by atoms with Gasteiger partial charge in [-0.05, 0) is 29.3 Å². The van der Waals surface area contributed by atoms with Crippen molar-refractivity contribution < 1.29 is 14.3 Å². The van der Waals surface area contributed by atoms with Gasteiger partial charge >= 0.3 is 5.97 Å². The van der Waals surface area contributed by atoms with E-state index in [1.807, 2.05) is 54.8 Å². The molecule has 1 aromatic carbocycles. The van der Waals surface area contributed by atoms with Crippen LogP contribution < -0.4 is 5.32 Å². The van der Waals surface area contributed by atoms with Crippen LogP contribution >= 0.6 is 11.3 Å². The Morgan fingerprint density at radius 1 is 1.26 bits per heavy atom. The molecular weight excluding hydrogens is 310 g/mol. The number of thiophene rings is 1. The van der Waals surface area contributed by atoms with E-state index >= 15 is 0 Å². The fourth-order valence-electron chi connectivity index (χ4n) is 2.52. The van der Waals surface area contributed by atoms with Crippen molar-refractivity contribution in [2.45, 2.75) is 19.4 Å². The topological polar surface area (TPSA) is 55.4 Å². The van der Waals surface area contributed by atoms with Crippen LogP contribution in [0.1, 0.15) is 29.8 Å². The van der Waals surface area contributed by atoms with Crippen molar-refractivity contribution >= 4 is 23.2 Å². The van der Waals surface area contributed by atoms with Gasteiger partial charge in [-0.25, -0.2) is 0 Å². The lowest BCUT2D eigenvalue weighted by Crippen LogP contribution is -2.33. The normalized spacial score (nSPS) is 20.6. The molecule has 3 atom stereocenters. The first kappa shape index (κ1) is 15.7. The van der Waals surface area contributed by atoms with Crippen LogP contribution in [0.5, 0.6) is 0 Å². The predicted octanol–water partition coefficient (Wildman–Crippen LogP) is 3.15. The lowest BCUT2D eigenvalue weighted by molar-refractivity contribution is -0.150. The highest BCUT2D eigenvalue weighted by molar-refractivity contribution is 7.10. The fourth-order valence-corrected chi connectivity index (χ4v) is 3.32. The highest BCUT2D eigenvalue weighted by Crippen LogP contribution is 2.38. The molecule has 3 rings (SSSR count). The minimum atomic E-state index is -0.283. The van der Waals surface area contributed by atoms with Gasteiger partial charge in [0.05, 0.1) is 12.0 Å². The SMILES string of the molecule is C[C@@H]1C[C@H]1C(=O)OCC(=O)N[C@H](c1ccccc1)c1cccs1. The monoisotopic (exact) mass is 329 g/mol. The minimum absolute atomic E-state index is 0.0231. The summed E-state index contributed by atoms with van der Waals surface area (Å²) < 4.78 is 5.10. The van der Waals surface area contributed by atoms with Crippen molar-refractivity contribution in [2.24, 2.45) is 11.8 Å². The molecule has 4 nitrogen and oxygen atoms in total. The molecule has 0 aliphatic heterocycles. The van der Waals surface area contributed by atoms with Gasteiger partial charge in [-0.3, -0.25) is 9.59 Å². The molecule has 1 aliphatic carbocycles. The number of hydrogen-bond acceptors (Lipinski definition) is 4. The van der Waals surface area contributed by atoms with Crippen LogP contribution in [0.15, 0.2) is 47.8 Å². The second-order valence-electron chi connectivity index (χ2n) is 5.85. The lowest BCUT2D eigenvalue weighted by Gasteiger charge is -2.18. The molecule has 1 amide bonds. The zero-order chi connectivity index (χ0) is 16.2. The Balaban J connectivity index is 1.62. The molecular formula is C18H19NO3S. The summed E-state index contributed by atoms with van der Waals surface area (Å²) in [5.74, 6) is -0.187. The third-order valence-corrected chi connectivity index (χ3v) is 4.96. The van der Waals surface area contributed by atoms with Crippen LogP contribution in [0.2, 0.25) is 0 Å². The van der Waals surface area contributed by atoms with E-state index < -0.39 is 0 Å². The maximum atomic E-state index is 12.2. The van der Waals surface area contributed by atoms with E-state index in [2.05, 4.69) is 5.32 Å². The highest BCUT2D eigenvalue weighted by Gasteiger charge is 2.40. The molecule has 120 valence electrons. The number of rotatable bonds is 6. The summed E-state index contributed by atoms with van der Waals surface area (Å²) >= 11 is 1.58. The van der Waals surface area contributed by atoms with Crippen molar-refractivity contribution in [1.82, 2.24) is 5.32 Å². The quantitative estimate of drug-likeness (QED) is 0.828. The number of nitrogens with one attached hydrogen (secondary N) is 1. The summed E-state index contributed by atoms with van der Waals surface area (Å²) in [6.07, 6.45) is 0.863. The van der Waals surface area contributed by atoms with Gasteiger partial charge in [-0.2, -0.15) is 0 Å². The molecule has 0 unspecified atom stereocenters. The maximum Gasteiger partial charge on any atom is 0.309 e. The minimum Gasteiger partial charge on any atom is -0.455 e. The van der Waals surface area contributed by atoms with E-state index in [9.17, 15) is 9.59 Å². The van der Waals surface area contributed by atoms with Crippen molar-refractivity contribution in [3.05, 3.63) is 58.3 Å². The van der Waals surface area contributed by atoms with E-state index in [1.54, 1.807) is 11.3 Å². The Kier molecular flexibility index (Phi) is 4.76. The highest BCUT2D eigenvalue weighted by atomic mass is 32.1. The van der Waals surface area contributed by atoms with Gasteiger partial charge in [0, 0.05) is 4.88 Å². The van der Waals surface area contributed by atoms with Crippen molar-refractivity contribution in [1.29, 1.82) is 0 Å². The summed E-state index contributed by atoms with van der Waals surface area (Å²) in [5, 5.41) is 4.93. The fraction of sp³-hybridized carbons (Fsp3) is 0.333. The average molecular weight is 329 g/mol. The van der Waals surface area contributed by atoms with E-state index in [4.69, 9.17) is 4.74 Å². The third-order valence-electron chi connectivity index (χ3n) is 4.02. The number of amides is 1. The summed E-state index contributed by atoms with van der Waals surface area (Å²) in [6.45, 7) is 1.78. The van der Waals surface area contributed by atoms with Gasteiger partial charge in [0.15, 0.2) is 6.61 Å². The van der Waals surface area contributed by atoms with Gasteiger partial charge in [-0.1, -0.05) is 43.3 Å². The van der Waals surface area contributed by atoms with Crippen LogP contribution in [0.3, 0.4) is 0 Å². The van der Waals surface area contributed by atoms with Crippen molar-refractivity contribution in [3.63, 3.8) is 0 Å². The van der Waals surface area contributed by atoms with Gasteiger partial charge < -0.3 is 10.1 Å². The molecule has 1 saturated carbocycles. The molecule has 0 radical (unpaired) electrons. The second kappa shape index (κ2) is 6.96. The summed E-state index contributed by atoms with van der Waals surface area (Å²) in [7, 11) is 0. The van der Waals surface area contributed by atoms with Gasteiger partial charge in [0.2, 0.25) is 0 Å². The van der Waals surface area contributed by atoms with Gasteiger partial charge in [0.1, 0.15) is 0 Å². The molecule has 5 heteroatoms. The molecule has 2 aromatic rings. The molecule has 1 aliphatic rings. The largest absolute Gasteiger partial charge is 0.455 e. The third kappa shape index (κ3) is 3.99.